The molecule has 0 amide bonds. The molecule has 74 valence electrons. The van der Waals surface area contributed by atoms with Crippen LogP contribution < -0.4 is 5.73 Å². The Morgan fingerprint density at radius 2 is 2.21 bits per heavy atom. The average Bonchev–Trinajstić information content (AvgIpc) is 2.47. The van der Waals surface area contributed by atoms with Crippen molar-refractivity contribution in [1.82, 2.24) is 19.6 Å². The fraction of sp³-hybridized carbons (Fsp3) is 0.444. The zero-order valence-corrected chi connectivity index (χ0v) is 8.31. The van der Waals surface area contributed by atoms with E-state index < -0.39 is 0 Å². The van der Waals surface area contributed by atoms with Crippen molar-refractivity contribution in [1.29, 1.82) is 0 Å². The van der Waals surface area contributed by atoms with E-state index in [4.69, 9.17) is 5.73 Å². The maximum Gasteiger partial charge on any atom is 0.254 e. The number of nitrogens with two attached hydrogens (primary N) is 1. The lowest BCUT2D eigenvalue weighted by Gasteiger charge is -2.16. The van der Waals surface area contributed by atoms with Gasteiger partial charge in [-0.05, 0) is 19.9 Å². The van der Waals surface area contributed by atoms with Crippen molar-refractivity contribution in [3.8, 4) is 0 Å². The summed E-state index contributed by atoms with van der Waals surface area (Å²) in [5.74, 6) is 1.47. The number of hydrogen-bond donors (Lipinski definition) is 1. The highest BCUT2D eigenvalue weighted by Crippen LogP contribution is 2.08. The summed E-state index contributed by atoms with van der Waals surface area (Å²) in [5, 5.41) is 8.00. The van der Waals surface area contributed by atoms with Crippen LogP contribution in [0.1, 0.15) is 19.7 Å². The monoisotopic (exact) mass is 191 g/mol. The van der Waals surface area contributed by atoms with Crippen LogP contribution in [0.4, 0.5) is 0 Å². The molecule has 2 heterocycles. The van der Waals surface area contributed by atoms with Gasteiger partial charge in [0.2, 0.25) is 0 Å². The molecule has 0 aliphatic carbocycles. The zero-order valence-electron chi connectivity index (χ0n) is 8.31. The molecule has 0 fully saturated rings. The Balaban J connectivity index is 2.44. The number of rotatable bonds is 2. The molecular weight excluding hydrogens is 178 g/mol. The number of nitrogens with zero attached hydrogens (tertiary/aromatic N) is 4. The Kier molecular flexibility index (Phi) is 1.96. The van der Waals surface area contributed by atoms with Gasteiger partial charge in [0.05, 0.1) is 0 Å². The van der Waals surface area contributed by atoms with E-state index >= 15 is 0 Å². The third-order valence-corrected chi connectivity index (χ3v) is 1.87. The Hall–Kier alpha value is -1.49. The van der Waals surface area contributed by atoms with Crippen LogP contribution in [0.15, 0.2) is 18.5 Å². The fourth-order valence-electron chi connectivity index (χ4n) is 1.32. The minimum absolute atomic E-state index is 0.279. The van der Waals surface area contributed by atoms with Gasteiger partial charge in [0.25, 0.3) is 5.78 Å². The molecular formula is C9H13N5. The number of aromatic nitrogens is 4. The second-order valence-corrected chi connectivity index (χ2v) is 4.07. The first-order valence-corrected chi connectivity index (χ1v) is 4.50. The van der Waals surface area contributed by atoms with E-state index in [1.807, 2.05) is 30.5 Å². The van der Waals surface area contributed by atoms with Gasteiger partial charge in [0, 0.05) is 24.4 Å². The summed E-state index contributed by atoms with van der Waals surface area (Å²) in [7, 11) is 0. The molecule has 0 radical (unpaired) electrons. The first-order valence-electron chi connectivity index (χ1n) is 4.50. The molecule has 0 aliphatic rings. The third-order valence-electron chi connectivity index (χ3n) is 1.87. The molecule has 0 unspecified atom stereocenters. The van der Waals surface area contributed by atoms with Crippen molar-refractivity contribution < 1.29 is 0 Å². The van der Waals surface area contributed by atoms with Crippen LogP contribution in [0.25, 0.3) is 5.78 Å². The topological polar surface area (TPSA) is 69.1 Å². The molecule has 14 heavy (non-hydrogen) atoms. The van der Waals surface area contributed by atoms with Crippen LogP contribution in [0.5, 0.6) is 0 Å². The van der Waals surface area contributed by atoms with Crippen molar-refractivity contribution in [2.24, 2.45) is 5.73 Å². The Morgan fingerprint density at radius 1 is 1.43 bits per heavy atom. The van der Waals surface area contributed by atoms with Gasteiger partial charge in [0.15, 0.2) is 0 Å². The summed E-state index contributed by atoms with van der Waals surface area (Å²) >= 11 is 0. The molecule has 0 aromatic carbocycles. The molecule has 0 spiro atoms. The largest absolute Gasteiger partial charge is 0.325 e. The quantitative estimate of drug-likeness (QED) is 0.746. The van der Waals surface area contributed by atoms with Crippen molar-refractivity contribution >= 4 is 5.78 Å². The summed E-state index contributed by atoms with van der Waals surface area (Å²) < 4.78 is 1.86. The lowest BCUT2D eigenvalue weighted by Crippen LogP contribution is -2.35. The normalized spacial score (nSPS) is 12.2. The van der Waals surface area contributed by atoms with Gasteiger partial charge < -0.3 is 5.73 Å². The summed E-state index contributed by atoms with van der Waals surface area (Å²) in [6, 6.07) is 1.85. The van der Waals surface area contributed by atoms with Crippen LogP contribution in [0.2, 0.25) is 0 Å². The van der Waals surface area contributed by atoms with E-state index in [0.717, 1.165) is 5.82 Å². The van der Waals surface area contributed by atoms with E-state index in [1.165, 1.54) is 0 Å². The van der Waals surface area contributed by atoms with Crippen molar-refractivity contribution in [2.45, 2.75) is 25.8 Å². The Morgan fingerprint density at radius 3 is 2.93 bits per heavy atom. The first-order chi connectivity index (χ1) is 6.56. The maximum atomic E-state index is 5.92. The predicted octanol–water partition coefficient (Wildman–Crippen LogP) is 0.404. The smallest absolute Gasteiger partial charge is 0.254 e. The van der Waals surface area contributed by atoms with Crippen LogP contribution in [0.3, 0.4) is 0 Å². The van der Waals surface area contributed by atoms with Gasteiger partial charge in [-0.25, -0.2) is 4.98 Å². The number of fused-ring (bicyclic) bond motifs is 1. The molecule has 0 saturated heterocycles. The molecule has 2 N–H and O–H groups in total. The summed E-state index contributed by atoms with van der Waals surface area (Å²) in [6.07, 6.45) is 4.27. The lowest BCUT2D eigenvalue weighted by molar-refractivity contribution is 0.500. The van der Waals surface area contributed by atoms with E-state index in [1.54, 1.807) is 6.20 Å². The van der Waals surface area contributed by atoms with Crippen LogP contribution in [-0.4, -0.2) is 25.1 Å². The van der Waals surface area contributed by atoms with Crippen LogP contribution in [0, 0.1) is 0 Å². The molecule has 0 saturated carbocycles. The average molecular weight is 191 g/mol. The predicted molar refractivity (Wildman–Crippen MR) is 52.8 cm³/mol. The molecule has 0 atom stereocenters. The van der Waals surface area contributed by atoms with Gasteiger partial charge in [0.1, 0.15) is 5.82 Å². The third kappa shape index (κ3) is 1.72. The minimum Gasteiger partial charge on any atom is -0.325 e. The Labute approximate surface area is 82.0 Å². The fourth-order valence-corrected chi connectivity index (χ4v) is 1.32. The molecule has 2 aromatic rings. The van der Waals surface area contributed by atoms with Crippen LogP contribution in [-0.2, 0) is 6.42 Å². The second-order valence-electron chi connectivity index (χ2n) is 4.07. The highest BCUT2D eigenvalue weighted by Gasteiger charge is 2.16. The molecule has 0 bridgehead atoms. The zero-order chi connectivity index (χ0) is 10.2. The molecule has 5 heteroatoms. The Bertz CT molecular complexity index is 440. The summed E-state index contributed by atoms with van der Waals surface area (Å²) in [4.78, 5) is 4.08. The molecule has 0 aliphatic heterocycles. The van der Waals surface area contributed by atoms with Gasteiger partial charge in [-0.1, -0.05) is 0 Å². The van der Waals surface area contributed by atoms with Gasteiger partial charge >= 0.3 is 0 Å². The highest BCUT2D eigenvalue weighted by molar-refractivity contribution is 5.26. The molecule has 2 rings (SSSR count). The number of hydrogen-bond acceptors (Lipinski definition) is 4. The summed E-state index contributed by atoms with van der Waals surface area (Å²) in [5.41, 5.74) is 5.64. The van der Waals surface area contributed by atoms with Gasteiger partial charge in [-0.15, -0.1) is 10.2 Å². The van der Waals surface area contributed by atoms with Crippen molar-refractivity contribution in [2.75, 3.05) is 0 Å². The van der Waals surface area contributed by atoms with Crippen molar-refractivity contribution in [3.05, 3.63) is 24.3 Å². The maximum absolute atomic E-state index is 5.92. The lowest BCUT2D eigenvalue weighted by atomic mass is 10.0. The second kappa shape index (κ2) is 3.02. The van der Waals surface area contributed by atoms with Gasteiger partial charge in [-0.3, -0.25) is 4.40 Å². The molecule has 2 aromatic heterocycles. The molecule has 5 nitrogen and oxygen atoms in total. The summed E-state index contributed by atoms with van der Waals surface area (Å²) in [6.45, 7) is 3.93. The minimum atomic E-state index is -0.279. The SMILES string of the molecule is CC(C)(N)Cc1nnc2ncccn12. The van der Waals surface area contributed by atoms with E-state index in [-0.39, 0.29) is 5.54 Å². The van der Waals surface area contributed by atoms with Crippen molar-refractivity contribution in [3.63, 3.8) is 0 Å². The van der Waals surface area contributed by atoms with Gasteiger partial charge in [-0.2, -0.15) is 0 Å². The highest BCUT2D eigenvalue weighted by atomic mass is 15.3. The standard InChI is InChI=1S/C9H13N5/c1-9(2,10)6-7-12-13-8-11-4-3-5-14(7)8/h3-5H,6,10H2,1-2H3. The van der Waals surface area contributed by atoms with Crippen LogP contribution >= 0.6 is 0 Å². The van der Waals surface area contributed by atoms with E-state index in [2.05, 4.69) is 15.2 Å². The first kappa shape index (κ1) is 9.08. The van der Waals surface area contributed by atoms with E-state index in [9.17, 15) is 0 Å². The van der Waals surface area contributed by atoms with E-state index in [0.29, 0.717) is 12.2 Å².